The van der Waals surface area contributed by atoms with Gasteiger partial charge in [0, 0.05) is 11.3 Å². The summed E-state index contributed by atoms with van der Waals surface area (Å²) in [7, 11) is 0. The van der Waals surface area contributed by atoms with Gasteiger partial charge in [-0.25, -0.2) is 0 Å². The summed E-state index contributed by atoms with van der Waals surface area (Å²) in [5, 5.41) is 4.59. The Morgan fingerprint density at radius 3 is 2.53 bits per heavy atom. The topological polar surface area (TPSA) is 12.0 Å². The largest absolute Gasteiger partial charge is 0.313 e. The van der Waals surface area contributed by atoms with E-state index in [4.69, 9.17) is 0 Å². The number of thioether (sulfide) groups is 1. The number of hydrogen-bond donors (Lipinski definition) is 1. The van der Waals surface area contributed by atoms with E-state index in [2.05, 4.69) is 44.8 Å². The van der Waals surface area contributed by atoms with Crippen molar-refractivity contribution >= 4 is 11.8 Å². The first kappa shape index (κ1) is 13.4. The molecule has 2 heteroatoms. The van der Waals surface area contributed by atoms with E-state index in [-0.39, 0.29) is 0 Å². The number of rotatable bonds is 5. The predicted octanol–water partition coefficient (Wildman–Crippen LogP) is 3.54. The van der Waals surface area contributed by atoms with Crippen molar-refractivity contribution in [3.63, 3.8) is 0 Å². The normalized spacial score (nSPS) is 36.8. The zero-order chi connectivity index (χ0) is 11.3. The Morgan fingerprint density at radius 2 is 1.93 bits per heavy atom. The minimum Gasteiger partial charge on any atom is -0.313 e. The highest BCUT2D eigenvalue weighted by atomic mass is 32.2. The minimum absolute atomic E-state index is 0.758. The molecule has 0 bridgehead atoms. The molecule has 1 rings (SSSR count). The van der Waals surface area contributed by atoms with E-state index in [1.807, 2.05) is 0 Å². The fourth-order valence-electron chi connectivity index (χ4n) is 2.83. The lowest BCUT2D eigenvalue weighted by molar-refractivity contribution is 0.249. The molecule has 4 atom stereocenters. The fraction of sp³-hybridized carbons (Fsp3) is 1.00. The third kappa shape index (κ3) is 3.99. The van der Waals surface area contributed by atoms with Crippen molar-refractivity contribution in [1.29, 1.82) is 0 Å². The van der Waals surface area contributed by atoms with Crippen LogP contribution in [0.3, 0.4) is 0 Å². The van der Waals surface area contributed by atoms with Gasteiger partial charge in [0.1, 0.15) is 0 Å². The van der Waals surface area contributed by atoms with E-state index in [9.17, 15) is 0 Å². The zero-order valence-corrected chi connectivity index (χ0v) is 11.6. The van der Waals surface area contributed by atoms with Gasteiger partial charge in [-0.15, -0.1) is 0 Å². The minimum atomic E-state index is 0.758. The van der Waals surface area contributed by atoms with Gasteiger partial charge >= 0.3 is 0 Å². The van der Waals surface area contributed by atoms with E-state index in [1.165, 1.54) is 31.6 Å². The van der Waals surface area contributed by atoms with Crippen molar-refractivity contribution in [1.82, 2.24) is 5.32 Å². The summed E-state index contributed by atoms with van der Waals surface area (Å²) in [5.74, 6) is 3.05. The smallest absolute Gasteiger partial charge is 0.0226 e. The van der Waals surface area contributed by atoms with Crippen molar-refractivity contribution in [2.75, 3.05) is 12.3 Å². The van der Waals surface area contributed by atoms with Crippen LogP contribution in [-0.2, 0) is 0 Å². The first-order valence-electron chi connectivity index (χ1n) is 6.54. The molecular formula is C13H27NS. The summed E-state index contributed by atoms with van der Waals surface area (Å²) >= 11 is 2.16. The molecule has 0 aromatic heterocycles. The molecule has 1 aliphatic rings. The Balaban J connectivity index is 2.51. The van der Waals surface area contributed by atoms with E-state index in [0.29, 0.717) is 0 Å². The molecule has 0 radical (unpaired) electrons. The lowest BCUT2D eigenvalue weighted by Gasteiger charge is -2.39. The molecule has 15 heavy (non-hydrogen) atoms. The van der Waals surface area contributed by atoms with Crippen molar-refractivity contribution < 1.29 is 0 Å². The predicted molar refractivity (Wildman–Crippen MR) is 71.6 cm³/mol. The van der Waals surface area contributed by atoms with Gasteiger partial charge in [-0.3, -0.25) is 0 Å². The fourth-order valence-corrected chi connectivity index (χ4v) is 4.10. The van der Waals surface area contributed by atoms with Crippen LogP contribution in [-0.4, -0.2) is 23.6 Å². The molecule has 0 spiro atoms. The van der Waals surface area contributed by atoms with Crippen LogP contribution in [0.1, 0.15) is 47.0 Å². The van der Waals surface area contributed by atoms with Crippen molar-refractivity contribution in [3.05, 3.63) is 0 Å². The maximum Gasteiger partial charge on any atom is 0.0226 e. The third-order valence-electron chi connectivity index (χ3n) is 3.40. The molecular weight excluding hydrogens is 202 g/mol. The summed E-state index contributed by atoms with van der Waals surface area (Å²) in [6.07, 6.45) is 4.05. The van der Waals surface area contributed by atoms with Gasteiger partial charge in [-0.2, -0.15) is 11.8 Å². The molecule has 4 unspecified atom stereocenters. The van der Waals surface area contributed by atoms with Crippen LogP contribution in [0.4, 0.5) is 0 Å². The molecule has 0 aromatic rings. The van der Waals surface area contributed by atoms with Crippen LogP contribution >= 0.6 is 11.8 Å². The van der Waals surface area contributed by atoms with Crippen molar-refractivity contribution in [3.8, 4) is 0 Å². The molecule has 0 amide bonds. The molecule has 0 heterocycles. The number of hydrogen-bond acceptors (Lipinski definition) is 2. The Labute approximate surface area is 99.8 Å². The quantitative estimate of drug-likeness (QED) is 0.774. The Hall–Kier alpha value is 0.310. The van der Waals surface area contributed by atoms with Gasteiger partial charge in [-0.1, -0.05) is 27.7 Å². The maximum atomic E-state index is 3.75. The van der Waals surface area contributed by atoms with E-state index >= 15 is 0 Å². The molecule has 1 N–H and O–H groups in total. The summed E-state index contributed by atoms with van der Waals surface area (Å²) < 4.78 is 0. The van der Waals surface area contributed by atoms with Crippen LogP contribution in [0.5, 0.6) is 0 Å². The van der Waals surface area contributed by atoms with Gasteiger partial charge in [0.15, 0.2) is 0 Å². The summed E-state index contributed by atoms with van der Waals surface area (Å²) in [4.78, 5) is 0. The molecule has 90 valence electrons. The van der Waals surface area contributed by atoms with Crippen LogP contribution in [0.15, 0.2) is 0 Å². The Bertz CT molecular complexity index is 172. The van der Waals surface area contributed by atoms with Gasteiger partial charge < -0.3 is 5.32 Å². The summed E-state index contributed by atoms with van der Waals surface area (Å²) in [5.41, 5.74) is 0. The monoisotopic (exact) mass is 229 g/mol. The second-order valence-electron chi connectivity index (χ2n) is 5.03. The van der Waals surface area contributed by atoms with Gasteiger partial charge in [-0.05, 0) is 43.4 Å². The molecule has 1 saturated carbocycles. The van der Waals surface area contributed by atoms with Crippen LogP contribution in [0, 0.1) is 11.8 Å². The average molecular weight is 229 g/mol. The Morgan fingerprint density at radius 1 is 1.20 bits per heavy atom. The molecule has 1 nitrogen and oxygen atoms in total. The van der Waals surface area contributed by atoms with E-state index < -0.39 is 0 Å². The van der Waals surface area contributed by atoms with Gasteiger partial charge in [0.25, 0.3) is 0 Å². The third-order valence-corrected chi connectivity index (χ3v) is 4.91. The standard InChI is InChI=1S/C13H27NS/c1-5-7-14-12-9-10(3)8-11(4)13(12)15-6-2/h10-14H,5-9H2,1-4H3. The second kappa shape index (κ2) is 6.80. The Kier molecular flexibility index (Phi) is 6.06. The second-order valence-corrected chi connectivity index (χ2v) is 6.49. The maximum absolute atomic E-state index is 3.75. The van der Waals surface area contributed by atoms with Crippen molar-refractivity contribution in [2.24, 2.45) is 11.8 Å². The molecule has 0 aliphatic heterocycles. The highest BCUT2D eigenvalue weighted by molar-refractivity contribution is 7.99. The van der Waals surface area contributed by atoms with Crippen LogP contribution < -0.4 is 5.32 Å². The van der Waals surface area contributed by atoms with Gasteiger partial charge in [0.2, 0.25) is 0 Å². The lowest BCUT2D eigenvalue weighted by atomic mass is 9.80. The average Bonchev–Trinajstić information content (AvgIpc) is 2.19. The first-order valence-corrected chi connectivity index (χ1v) is 7.58. The van der Waals surface area contributed by atoms with E-state index in [1.54, 1.807) is 0 Å². The summed E-state index contributed by atoms with van der Waals surface area (Å²) in [6.45, 7) is 10.6. The highest BCUT2D eigenvalue weighted by Crippen LogP contribution is 2.36. The SMILES string of the molecule is CCCNC1CC(C)CC(C)C1SCC. The van der Waals surface area contributed by atoms with Gasteiger partial charge in [0.05, 0.1) is 0 Å². The summed E-state index contributed by atoms with van der Waals surface area (Å²) in [6, 6.07) is 0.758. The molecule has 1 fully saturated rings. The highest BCUT2D eigenvalue weighted by Gasteiger charge is 2.33. The first-order chi connectivity index (χ1) is 7.19. The molecule has 0 saturated heterocycles. The molecule has 0 aromatic carbocycles. The van der Waals surface area contributed by atoms with Crippen LogP contribution in [0.2, 0.25) is 0 Å². The van der Waals surface area contributed by atoms with E-state index in [0.717, 1.165) is 23.1 Å². The lowest BCUT2D eigenvalue weighted by Crippen LogP contribution is -2.46. The molecule has 1 aliphatic carbocycles. The zero-order valence-electron chi connectivity index (χ0n) is 10.8. The van der Waals surface area contributed by atoms with Crippen LogP contribution in [0.25, 0.3) is 0 Å². The van der Waals surface area contributed by atoms with Crippen molar-refractivity contribution in [2.45, 2.75) is 58.2 Å². The number of nitrogens with one attached hydrogen (secondary N) is 1.